The molecule has 0 radical (unpaired) electrons. The highest BCUT2D eigenvalue weighted by molar-refractivity contribution is 5.76. The minimum atomic E-state index is 0.0373. The number of rotatable bonds is 6. The van der Waals surface area contributed by atoms with Gasteiger partial charge in [0.05, 0.1) is 12.7 Å². The van der Waals surface area contributed by atoms with Crippen LogP contribution in [-0.2, 0) is 14.3 Å². The van der Waals surface area contributed by atoms with E-state index in [2.05, 4.69) is 4.90 Å². The smallest absolute Gasteiger partial charge is 0.248 e. The van der Waals surface area contributed by atoms with Gasteiger partial charge in [-0.1, -0.05) is 0 Å². The Labute approximate surface area is 133 Å². The van der Waals surface area contributed by atoms with Gasteiger partial charge in [0.15, 0.2) is 0 Å². The predicted molar refractivity (Wildman–Crippen MR) is 84.7 cm³/mol. The number of amides is 1. The molecule has 5 heteroatoms. The number of hydrogen-bond acceptors (Lipinski definition) is 4. The summed E-state index contributed by atoms with van der Waals surface area (Å²) >= 11 is 0. The summed E-state index contributed by atoms with van der Waals surface area (Å²) in [6.07, 6.45) is 6.49. The van der Waals surface area contributed by atoms with E-state index in [9.17, 15) is 4.79 Å². The highest BCUT2D eigenvalue weighted by Crippen LogP contribution is 2.41. The Kier molecular flexibility index (Phi) is 5.05. The fourth-order valence-corrected chi connectivity index (χ4v) is 3.89. The molecule has 22 heavy (non-hydrogen) atoms. The van der Waals surface area contributed by atoms with Crippen LogP contribution < -0.4 is 0 Å². The highest BCUT2D eigenvalue weighted by atomic mass is 16.5. The maximum atomic E-state index is 11.7. The van der Waals surface area contributed by atoms with Crippen molar-refractivity contribution < 1.29 is 14.3 Å². The second-order valence-corrected chi connectivity index (χ2v) is 7.57. The van der Waals surface area contributed by atoms with Crippen LogP contribution in [0.1, 0.15) is 32.1 Å². The molecule has 5 nitrogen and oxygen atoms in total. The van der Waals surface area contributed by atoms with Crippen molar-refractivity contribution in [2.45, 2.75) is 38.2 Å². The molecule has 3 rings (SSSR count). The molecule has 1 amide bonds. The molecule has 0 aromatic carbocycles. The summed E-state index contributed by atoms with van der Waals surface area (Å²) in [7, 11) is 3.54. The van der Waals surface area contributed by atoms with Crippen molar-refractivity contribution >= 4 is 5.91 Å². The molecule has 0 unspecified atom stereocenters. The predicted octanol–water partition coefficient (Wildman–Crippen LogP) is 1.37. The molecular weight excluding hydrogens is 280 g/mol. The van der Waals surface area contributed by atoms with E-state index >= 15 is 0 Å². The Balaban J connectivity index is 1.57. The third-order valence-corrected chi connectivity index (χ3v) is 5.39. The summed E-state index contributed by atoms with van der Waals surface area (Å²) in [6, 6.07) is 0. The van der Waals surface area contributed by atoms with E-state index in [-0.39, 0.29) is 17.9 Å². The number of hydrogen-bond donors (Lipinski definition) is 0. The lowest BCUT2D eigenvalue weighted by Gasteiger charge is -2.50. The van der Waals surface area contributed by atoms with Crippen LogP contribution in [0.2, 0.25) is 0 Å². The number of fused-ring (bicyclic) bond motifs is 1. The van der Waals surface area contributed by atoms with Crippen LogP contribution >= 0.6 is 0 Å². The molecule has 2 saturated heterocycles. The first-order chi connectivity index (χ1) is 10.6. The molecule has 0 bridgehead atoms. The van der Waals surface area contributed by atoms with Gasteiger partial charge >= 0.3 is 0 Å². The zero-order valence-corrected chi connectivity index (χ0v) is 14.1. The van der Waals surface area contributed by atoms with E-state index in [0.717, 1.165) is 44.9 Å². The van der Waals surface area contributed by atoms with Crippen molar-refractivity contribution in [3.05, 3.63) is 0 Å². The Morgan fingerprint density at radius 1 is 1.36 bits per heavy atom. The molecule has 2 aliphatic heterocycles. The van der Waals surface area contributed by atoms with Gasteiger partial charge < -0.3 is 19.3 Å². The monoisotopic (exact) mass is 310 g/mol. The molecule has 126 valence electrons. The van der Waals surface area contributed by atoms with Crippen molar-refractivity contribution in [3.8, 4) is 0 Å². The van der Waals surface area contributed by atoms with Crippen LogP contribution in [0.15, 0.2) is 0 Å². The summed E-state index contributed by atoms with van der Waals surface area (Å²) in [6.45, 7) is 5.18. The number of piperidine rings is 1. The van der Waals surface area contributed by atoms with Crippen molar-refractivity contribution in [1.29, 1.82) is 0 Å². The Bertz CT molecular complexity index is 397. The second kappa shape index (κ2) is 6.85. The molecule has 2 atom stereocenters. The van der Waals surface area contributed by atoms with Gasteiger partial charge in [0.1, 0.15) is 6.61 Å². The van der Waals surface area contributed by atoms with E-state index in [1.54, 1.807) is 19.0 Å². The summed E-state index contributed by atoms with van der Waals surface area (Å²) in [5.74, 6) is 0.963. The molecule has 3 aliphatic rings. The normalized spacial score (nSPS) is 32.5. The van der Waals surface area contributed by atoms with Gasteiger partial charge in [-0.2, -0.15) is 0 Å². The van der Waals surface area contributed by atoms with Gasteiger partial charge in [-0.05, 0) is 38.0 Å². The maximum Gasteiger partial charge on any atom is 0.248 e. The van der Waals surface area contributed by atoms with Crippen LogP contribution in [0.5, 0.6) is 0 Å². The molecule has 0 aromatic heterocycles. The average Bonchev–Trinajstić information content (AvgIpc) is 3.30. The fraction of sp³-hybridized carbons (Fsp3) is 0.941. The Morgan fingerprint density at radius 2 is 2.18 bits per heavy atom. The van der Waals surface area contributed by atoms with E-state index < -0.39 is 0 Å². The number of likely N-dealkylation sites (tertiary alicyclic amines) is 1. The topological polar surface area (TPSA) is 42.0 Å². The number of nitrogens with zero attached hydrogens (tertiary/aromatic N) is 2. The van der Waals surface area contributed by atoms with Crippen molar-refractivity contribution in [2.75, 3.05) is 53.6 Å². The number of ether oxygens (including phenoxy) is 2. The summed E-state index contributed by atoms with van der Waals surface area (Å²) in [5.41, 5.74) is 0.0952. The summed E-state index contributed by atoms with van der Waals surface area (Å²) in [5, 5.41) is 0. The first-order valence-electron chi connectivity index (χ1n) is 8.71. The standard InChI is InChI=1S/C17H30N2O3/c1-18(2)16(20)11-21-13-17-7-3-9-22-15(17)6-8-19(12-17)10-14-4-5-14/h14-15H,3-13H2,1-2H3/t15-,17-/m0/s1. The first kappa shape index (κ1) is 16.2. The summed E-state index contributed by atoms with van der Waals surface area (Å²) in [4.78, 5) is 15.9. The zero-order chi connectivity index (χ0) is 15.6. The van der Waals surface area contributed by atoms with Crippen molar-refractivity contribution in [3.63, 3.8) is 0 Å². The molecule has 3 fully saturated rings. The lowest BCUT2D eigenvalue weighted by Crippen LogP contribution is -2.57. The molecule has 0 spiro atoms. The largest absolute Gasteiger partial charge is 0.377 e. The quantitative estimate of drug-likeness (QED) is 0.743. The molecular formula is C17H30N2O3. The van der Waals surface area contributed by atoms with Gasteiger partial charge in [0, 0.05) is 45.8 Å². The minimum absolute atomic E-state index is 0.0373. The van der Waals surface area contributed by atoms with Crippen LogP contribution in [0.3, 0.4) is 0 Å². The van der Waals surface area contributed by atoms with E-state index in [4.69, 9.17) is 9.47 Å². The van der Waals surface area contributed by atoms with E-state index in [1.807, 2.05) is 0 Å². The van der Waals surface area contributed by atoms with Gasteiger partial charge in [-0.25, -0.2) is 0 Å². The average molecular weight is 310 g/mol. The van der Waals surface area contributed by atoms with Crippen LogP contribution in [-0.4, -0.2) is 75.4 Å². The molecule has 1 aliphatic carbocycles. The van der Waals surface area contributed by atoms with E-state index in [1.165, 1.54) is 19.4 Å². The van der Waals surface area contributed by atoms with Crippen LogP contribution in [0, 0.1) is 11.3 Å². The lowest BCUT2D eigenvalue weighted by molar-refractivity contribution is -0.159. The van der Waals surface area contributed by atoms with Crippen LogP contribution in [0.4, 0.5) is 0 Å². The van der Waals surface area contributed by atoms with Crippen molar-refractivity contribution in [2.24, 2.45) is 11.3 Å². The Hall–Kier alpha value is -0.650. The molecule has 0 aromatic rings. The summed E-state index contributed by atoms with van der Waals surface area (Å²) < 4.78 is 11.9. The zero-order valence-electron chi connectivity index (χ0n) is 14.1. The molecule has 1 saturated carbocycles. The van der Waals surface area contributed by atoms with Crippen LogP contribution in [0.25, 0.3) is 0 Å². The third-order valence-electron chi connectivity index (χ3n) is 5.39. The van der Waals surface area contributed by atoms with Gasteiger partial charge in [-0.15, -0.1) is 0 Å². The van der Waals surface area contributed by atoms with Crippen molar-refractivity contribution in [1.82, 2.24) is 9.80 Å². The molecule has 2 heterocycles. The molecule has 0 N–H and O–H groups in total. The number of carbonyl (C=O) groups excluding carboxylic acids is 1. The number of carbonyl (C=O) groups is 1. The lowest BCUT2D eigenvalue weighted by atomic mass is 9.73. The minimum Gasteiger partial charge on any atom is -0.377 e. The fourth-order valence-electron chi connectivity index (χ4n) is 3.89. The van der Waals surface area contributed by atoms with Gasteiger partial charge in [0.25, 0.3) is 0 Å². The SMILES string of the molecule is CN(C)C(=O)COC[C@@]12CCCO[C@H]1CCN(CC1CC1)C2. The second-order valence-electron chi connectivity index (χ2n) is 7.57. The third kappa shape index (κ3) is 3.81. The first-order valence-corrected chi connectivity index (χ1v) is 8.71. The van der Waals surface area contributed by atoms with E-state index in [0.29, 0.717) is 12.7 Å². The highest BCUT2D eigenvalue weighted by Gasteiger charge is 2.46. The number of likely N-dealkylation sites (N-methyl/N-ethyl adjacent to an activating group) is 1. The Morgan fingerprint density at radius 3 is 2.91 bits per heavy atom. The van der Waals surface area contributed by atoms with Gasteiger partial charge in [-0.3, -0.25) is 4.79 Å². The van der Waals surface area contributed by atoms with Gasteiger partial charge in [0.2, 0.25) is 5.91 Å². The maximum absolute atomic E-state index is 11.7.